The molecule has 0 aromatic heterocycles. The number of halogens is 1. The molecule has 1 heterocycles. The fourth-order valence-electron chi connectivity index (χ4n) is 2.87. The van der Waals surface area contributed by atoms with E-state index in [4.69, 9.17) is 4.74 Å². The minimum atomic E-state index is 0.399. The fourth-order valence-corrected chi connectivity index (χ4v) is 3.39. The SMILES string of the molecule is COc1cc2c(cc1Br)C(c1ccccc1)CNCC2. The van der Waals surface area contributed by atoms with E-state index in [2.05, 4.69) is 63.7 Å². The van der Waals surface area contributed by atoms with E-state index in [1.165, 1.54) is 16.7 Å². The minimum absolute atomic E-state index is 0.399. The van der Waals surface area contributed by atoms with E-state index in [0.29, 0.717) is 5.92 Å². The van der Waals surface area contributed by atoms with Gasteiger partial charge in [0.05, 0.1) is 11.6 Å². The first-order valence-corrected chi connectivity index (χ1v) is 7.71. The Morgan fingerprint density at radius 3 is 2.75 bits per heavy atom. The van der Waals surface area contributed by atoms with Crippen molar-refractivity contribution in [1.29, 1.82) is 0 Å². The number of nitrogens with one attached hydrogen (secondary N) is 1. The summed E-state index contributed by atoms with van der Waals surface area (Å²) in [5, 5.41) is 3.54. The van der Waals surface area contributed by atoms with Crippen molar-refractivity contribution < 1.29 is 4.74 Å². The molecule has 2 aromatic rings. The van der Waals surface area contributed by atoms with E-state index in [1.54, 1.807) is 7.11 Å². The van der Waals surface area contributed by atoms with Crippen LogP contribution in [0.25, 0.3) is 0 Å². The Balaban J connectivity index is 2.09. The van der Waals surface area contributed by atoms with Crippen LogP contribution >= 0.6 is 15.9 Å². The van der Waals surface area contributed by atoms with Crippen molar-refractivity contribution in [2.24, 2.45) is 0 Å². The van der Waals surface area contributed by atoms with Crippen molar-refractivity contribution in [3.05, 3.63) is 63.6 Å². The van der Waals surface area contributed by atoms with Gasteiger partial charge in [0.1, 0.15) is 5.75 Å². The summed E-state index contributed by atoms with van der Waals surface area (Å²) in [4.78, 5) is 0. The van der Waals surface area contributed by atoms with Gasteiger partial charge in [-0.1, -0.05) is 30.3 Å². The lowest BCUT2D eigenvalue weighted by atomic mass is 9.88. The zero-order valence-corrected chi connectivity index (χ0v) is 13.1. The molecular formula is C17H18BrNO. The lowest BCUT2D eigenvalue weighted by Crippen LogP contribution is -2.20. The molecule has 1 unspecified atom stereocenters. The van der Waals surface area contributed by atoms with Crippen LogP contribution in [0.2, 0.25) is 0 Å². The van der Waals surface area contributed by atoms with Crippen LogP contribution in [0.15, 0.2) is 46.9 Å². The molecule has 0 saturated carbocycles. The number of ether oxygens (including phenoxy) is 1. The Kier molecular flexibility index (Phi) is 4.08. The molecule has 0 amide bonds. The molecule has 0 radical (unpaired) electrons. The monoisotopic (exact) mass is 331 g/mol. The molecule has 1 N–H and O–H groups in total. The van der Waals surface area contributed by atoms with Crippen molar-refractivity contribution in [3.8, 4) is 5.75 Å². The Bertz CT molecular complexity index is 597. The predicted octanol–water partition coefficient (Wildman–Crippen LogP) is 3.74. The maximum atomic E-state index is 5.43. The smallest absolute Gasteiger partial charge is 0.133 e. The fraction of sp³-hybridized carbons (Fsp3) is 0.294. The van der Waals surface area contributed by atoms with Crippen LogP contribution in [0.1, 0.15) is 22.6 Å². The highest BCUT2D eigenvalue weighted by atomic mass is 79.9. The van der Waals surface area contributed by atoms with Gasteiger partial charge in [-0.15, -0.1) is 0 Å². The highest BCUT2D eigenvalue weighted by molar-refractivity contribution is 9.10. The topological polar surface area (TPSA) is 21.3 Å². The summed E-state index contributed by atoms with van der Waals surface area (Å²) in [6, 6.07) is 15.1. The van der Waals surface area contributed by atoms with Crippen LogP contribution < -0.4 is 10.1 Å². The third-order valence-electron chi connectivity index (χ3n) is 3.91. The van der Waals surface area contributed by atoms with Gasteiger partial charge < -0.3 is 10.1 Å². The highest BCUT2D eigenvalue weighted by Gasteiger charge is 2.21. The Morgan fingerprint density at radius 2 is 2.00 bits per heavy atom. The van der Waals surface area contributed by atoms with Crippen molar-refractivity contribution in [3.63, 3.8) is 0 Å². The van der Waals surface area contributed by atoms with Gasteiger partial charge >= 0.3 is 0 Å². The van der Waals surface area contributed by atoms with Crippen molar-refractivity contribution in [2.45, 2.75) is 12.3 Å². The zero-order chi connectivity index (χ0) is 13.9. The second-order valence-electron chi connectivity index (χ2n) is 5.10. The summed E-state index contributed by atoms with van der Waals surface area (Å²) in [5.41, 5.74) is 4.14. The third kappa shape index (κ3) is 2.60. The Hall–Kier alpha value is -1.32. The van der Waals surface area contributed by atoms with Crippen LogP contribution in [0.5, 0.6) is 5.75 Å². The van der Waals surface area contributed by atoms with E-state index in [9.17, 15) is 0 Å². The summed E-state index contributed by atoms with van der Waals surface area (Å²) >= 11 is 3.62. The van der Waals surface area contributed by atoms with E-state index in [0.717, 1.165) is 29.7 Å². The van der Waals surface area contributed by atoms with E-state index < -0.39 is 0 Å². The van der Waals surface area contributed by atoms with Gasteiger partial charge in [0.15, 0.2) is 0 Å². The maximum Gasteiger partial charge on any atom is 0.133 e. The number of methoxy groups -OCH3 is 1. The maximum absolute atomic E-state index is 5.43. The van der Waals surface area contributed by atoms with Crippen LogP contribution in [-0.2, 0) is 6.42 Å². The molecule has 2 nitrogen and oxygen atoms in total. The second-order valence-corrected chi connectivity index (χ2v) is 5.96. The molecule has 0 fully saturated rings. The van der Waals surface area contributed by atoms with Crippen molar-refractivity contribution in [1.82, 2.24) is 5.32 Å². The van der Waals surface area contributed by atoms with Gasteiger partial charge in [-0.05, 0) is 57.7 Å². The first-order chi connectivity index (χ1) is 9.79. The molecule has 1 atom stereocenters. The largest absolute Gasteiger partial charge is 0.496 e. The molecule has 3 heteroatoms. The van der Waals surface area contributed by atoms with Crippen LogP contribution in [0, 0.1) is 0 Å². The van der Waals surface area contributed by atoms with E-state index in [1.807, 2.05) is 0 Å². The number of fused-ring (bicyclic) bond motifs is 1. The predicted molar refractivity (Wildman–Crippen MR) is 85.6 cm³/mol. The molecule has 1 aliphatic rings. The molecule has 1 aliphatic heterocycles. The average molecular weight is 332 g/mol. The highest BCUT2D eigenvalue weighted by Crippen LogP contribution is 2.35. The molecule has 0 saturated heterocycles. The van der Waals surface area contributed by atoms with Crippen molar-refractivity contribution in [2.75, 3.05) is 20.2 Å². The molecule has 20 heavy (non-hydrogen) atoms. The lowest BCUT2D eigenvalue weighted by Gasteiger charge is -2.19. The summed E-state index contributed by atoms with van der Waals surface area (Å²) in [7, 11) is 1.72. The standard InChI is InChI=1S/C17H18BrNO/c1-20-17-9-13-7-8-19-11-15(14(13)10-16(17)18)12-5-3-2-4-6-12/h2-6,9-10,15,19H,7-8,11H2,1H3. The number of benzene rings is 2. The zero-order valence-electron chi connectivity index (χ0n) is 11.5. The van der Waals surface area contributed by atoms with E-state index >= 15 is 0 Å². The van der Waals surface area contributed by atoms with Gasteiger partial charge in [0.25, 0.3) is 0 Å². The third-order valence-corrected chi connectivity index (χ3v) is 4.53. The van der Waals surface area contributed by atoms with Gasteiger partial charge in [-0.2, -0.15) is 0 Å². The Labute approximate surface area is 128 Å². The Morgan fingerprint density at radius 1 is 1.20 bits per heavy atom. The number of rotatable bonds is 2. The lowest BCUT2D eigenvalue weighted by molar-refractivity contribution is 0.411. The summed E-state index contributed by atoms with van der Waals surface area (Å²) < 4.78 is 6.45. The second kappa shape index (κ2) is 5.98. The number of hydrogen-bond donors (Lipinski definition) is 1. The molecule has 3 rings (SSSR count). The molecule has 104 valence electrons. The van der Waals surface area contributed by atoms with Crippen LogP contribution in [0.3, 0.4) is 0 Å². The molecule has 0 aliphatic carbocycles. The normalized spacial score (nSPS) is 18.2. The van der Waals surface area contributed by atoms with Gasteiger partial charge in [0, 0.05) is 12.5 Å². The number of hydrogen-bond acceptors (Lipinski definition) is 2. The molecular weight excluding hydrogens is 314 g/mol. The molecule has 0 spiro atoms. The van der Waals surface area contributed by atoms with Gasteiger partial charge in [0.2, 0.25) is 0 Å². The first kappa shape index (κ1) is 13.7. The first-order valence-electron chi connectivity index (χ1n) is 6.91. The van der Waals surface area contributed by atoms with E-state index in [-0.39, 0.29) is 0 Å². The summed E-state index contributed by atoms with van der Waals surface area (Å²) in [6.45, 7) is 2.00. The van der Waals surface area contributed by atoms with Gasteiger partial charge in [-0.3, -0.25) is 0 Å². The average Bonchev–Trinajstić information content (AvgIpc) is 2.69. The van der Waals surface area contributed by atoms with Gasteiger partial charge in [-0.25, -0.2) is 0 Å². The quantitative estimate of drug-likeness (QED) is 0.905. The van der Waals surface area contributed by atoms with Crippen LogP contribution in [0.4, 0.5) is 0 Å². The summed E-state index contributed by atoms with van der Waals surface area (Å²) in [6.07, 6.45) is 1.04. The van der Waals surface area contributed by atoms with Crippen LogP contribution in [-0.4, -0.2) is 20.2 Å². The minimum Gasteiger partial charge on any atom is -0.496 e. The molecule has 0 bridgehead atoms. The summed E-state index contributed by atoms with van der Waals surface area (Å²) in [5.74, 6) is 1.31. The van der Waals surface area contributed by atoms with Crippen molar-refractivity contribution >= 4 is 15.9 Å². The molecule has 2 aromatic carbocycles.